The molecule has 2 heterocycles. The van der Waals surface area contributed by atoms with Crippen molar-refractivity contribution in [3.8, 4) is 0 Å². The van der Waals surface area contributed by atoms with Gasteiger partial charge in [-0.05, 0) is 19.1 Å². The highest BCUT2D eigenvalue weighted by atomic mass is 32.1. The van der Waals surface area contributed by atoms with Gasteiger partial charge in [0.25, 0.3) is 5.91 Å². The summed E-state index contributed by atoms with van der Waals surface area (Å²) in [6.07, 6.45) is 5.26. The lowest BCUT2D eigenvalue weighted by Gasteiger charge is -2.06. The van der Waals surface area contributed by atoms with Crippen LogP contribution in [0, 0.1) is 6.92 Å². The second kappa shape index (κ2) is 6.76. The van der Waals surface area contributed by atoms with Crippen LogP contribution in [0.3, 0.4) is 0 Å². The molecule has 108 valence electrons. The topological polar surface area (TPSA) is 92.2 Å². The summed E-state index contributed by atoms with van der Waals surface area (Å²) in [7, 11) is 0. The van der Waals surface area contributed by atoms with Crippen molar-refractivity contribution in [2.45, 2.75) is 13.5 Å². The third kappa shape index (κ3) is 3.96. The number of nitrogens with zero attached hydrogens (tertiary/aromatic N) is 2. The van der Waals surface area contributed by atoms with E-state index >= 15 is 0 Å². The fraction of sp³-hybridized carbons (Fsp3) is 0.143. The predicted octanol–water partition coefficient (Wildman–Crippen LogP) is 1.87. The van der Waals surface area contributed by atoms with Crippen LogP contribution in [-0.2, 0) is 11.3 Å². The lowest BCUT2D eigenvalue weighted by Crippen LogP contribution is -2.23. The summed E-state index contributed by atoms with van der Waals surface area (Å²) >= 11 is 1.48. The van der Waals surface area contributed by atoms with E-state index in [4.69, 9.17) is 5.11 Å². The quantitative estimate of drug-likeness (QED) is 0.823. The van der Waals surface area contributed by atoms with E-state index in [2.05, 4.69) is 15.3 Å². The first kappa shape index (κ1) is 14.9. The number of aryl methyl sites for hydroxylation is 1. The van der Waals surface area contributed by atoms with E-state index in [1.807, 2.05) is 6.92 Å². The van der Waals surface area contributed by atoms with Crippen LogP contribution in [-0.4, -0.2) is 27.0 Å². The van der Waals surface area contributed by atoms with Gasteiger partial charge in [0.15, 0.2) is 0 Å². The summed E-state index contributed by atoms with van der Waals surface area (Å²) in [5.74, 6) is -1.36. The van der Waals surface area contributed by atoms with E-state index in [9.17, 15) is 9.59 Å². The molecule has 0 unspecified atom stereocenters. The average Bonchev–Trinajstić information content (AvgIpc) is 2.88. The SMILES string of the molecule is Cc1ncsc1CNC(=O)c1ccncc1C=CC(=O)O. The number of carboxylic acid groups (broad SMARTS) is 1. The van der Waals surface area contributed by atoms with Crippen LogP contribution in [0.1, 0.15) is 26.5 Å². The monoisotopic (exact) mass is 303 g/mol. The van der Waals surface area contributed by atoms with Gasteiger partial charge in [-0.15, -0.1) is 11.3 Å². The number of hydrogen-bond acceptors (Lipinski definition) is 5. The molecule has 0 fully saturated rings. The Morgan fingerprint density at radius 1 is 1.48 bits per heavy atom. The van der Waals surface area contributed by atoms with Gasteiger partial charge in [-0.2, -0.15) is 0 Å². The van der Waals surface area contributed by atoms with E-state index in [-0.39, 0.29) is 5.91 Å². The molecule has 0 spiro atoms. The first-order chi connectivity index (χ1) is 10.1. The average molecular weight is 303 g/mol. The minimum absolute atomic E-state index is 0.282. The van der Waals surface area contributed by atoms with Gasteiger partial charge in [0, 0.05) is 34.5 Å². The number of nitrogens with one attached hydrogen (secondary N) is 1. The van der Waals surface area contributed by atoms with Crippen molar-refractivity contribution >= 4 is 29.3 Å². The Kier molecular flexibility index (Phi) is 4.78. The van der Waals surface area contributed by atoms with Crippen molar-refractivity contribution in [1.82, 2.24) is 15.3 Å². The molecule has 2 N–H and O–H groups in total. The number of carbonyl (C=O) groups is 2. The third-order valence-electron chi connectivity index (χ3n) is 2.76. The molecule has 0 saturated carbocycles. The number of rotatable bonds is 5. The van der Waals surface area contributed by atoms with Crippen LogP contribution in [0.4, 0.5) is 0 Å². The van der Waals surface area contributed by atoms with Crippen LogP contribution in [0.25, 0.3) is 6.08 Å². The lowest BCUT2D eigenvalue weighted by molar-refractivity contribution is -0.131. The number of thiazole rings is 1. The van der Waals surface area contributed by atoms with Crippen molar-refractivity contribution in [3.05, 3.63) is 51.7 Å². The van der Waals surface area contributed by atoms with Crippen LogP contribution >= 0.6 is 11.3 Å². The molecule has 2 aromatic heterocycles. The van der Waals surface area contributed by atoms with Gasteiger partial charge in [-0.25, -0.2) is 9.78 Å². The van der Waals surface area contributed by atoms with E-state index in [0.29, 0.717) is 17.7 Å². The maximum atomic E-state index is 12.2. The molecule has 2 rings (SSSR count). The molecular formula is C14H13N3O3S. The van der Waals surface area contributed by atoms with Gasteiger partial charge in [-0.3, -0.25) is 9.78 Å². The van der Waals surface area contributed by atoms with Gasteiger partial charge in [-0.1, -0.05) is 0 Å². The molecule has 0 radical (unpaired) electrons. The molecule has 0 bridgehead atoms. The standard InChI is InChI=1S/C14H13N3O3S/c1-9-12(21-8-17-9)7-16-14(20)11-4-5-15-6-10(11)2-3-13(18)19/h2-6,8H,7H2,1H3,(H,16,20)(H,18,19). The highest BCUT2D eigenvalue weighted by molar-refractivity contribution is 7.09. The summed E-state index contributed by atoms with van der Waals surface area (Å²) < 4.78 is 0. The molecule has 0 aliphatic rings. The molecule has 1 amide bonds. The van der Waals surface area contributed by atoms with Crippen molar-refractivity contribution in [2.75, 3.05) is 0 Å². The largest absolute Gasteiger partial charge is 0.478 e. The Bertz CT molecular complexity index is 694. The number of carbonyl (C=O) groups excluding carboxylic acids is 1. The van der Waals surface area contributed by atoms with Gasteiger partial charge in [0.2, 0.25) is 0 Å². The summed E-state index contributed by atoms with van der Waals surface area (Å²) in [5, 5.41) is 11.4. The molecule has 7 heteroatoms. The number of pyridine rings is 1. The molecule has 6 nitrogen and oxygen atoms in total. The van der Waals surface area contributed by atoms with Gasteiger partial charge >= 0.3 is 5.97 Å². The van der Waals surface area contributed by atoms with E-state index < -0.39 is 5.97 Å². The van der Waals surface area contributed by atoms with Crippen molar-refractivity contribution < 1.29 is 14.7 Å². The first-order valence-corrected chi connectivity index (χ1v) is 6.98. The Hall–Kier alpha value is -2.54. The van der Waals surface area contributed by atoms with Gasteiger partial charge in [0.1, 0.15) is 0 Å². The maximum Gasteiger partial charge on any atom is 0.328 e. The van der Waals surface area contributed by atoms with Gasteiger partial charge in [0.05, 0.1) is 17.7 Å². The van der Waals surface area contributed by atoms with Crippen LogP contribution in [0.2, 0.25) is 0 Å². The molecule has 0 aliphatic carbocycles. The maximum absolute atomic E-state index is 12.2. The summed E-state index contributed by atoms with van der Waals surface area (Å²) in [6.45, 7) is 2.27. The molecule has 2 aromatic rings. The summed E-state index contributed by atoms with van der Waals surface area (Å²) in [6, 6.07) is 1.55. The number of aromatic nitrogens is 2. The second-order valence-corrected chi connectivity index (χ2v) is 5.12. The fourth-order valence-corrected chi connectivity index (χ4v) is 2.38. The summed E-state index contributed by atoms with van der Waals surface area (Å²) in [4.78, 5) is 31.7. The molecule has 0 aliphatic heterocycles. The Labute approximate surface area is 125 Å². The normalized spacial score (nSPS) is 10.7. The minimum Gasteiger partial charge on any atom is -0.478 e. The number of carboxylic acids is 1. The zero-order valence-corrected chi connectivity index (χ0v) is 12.1. The zero-order chi connectivity index (χ0) is 15.2. The van der Waals surface area contributed by atoms with Crippen LogP contribution in [0.15, 0.2) is 30.0 Å². The molecule has 0 atom stereocenters. The minimum atomic E-state index is -1.08. The lowest BCUT2D eigenvalue weighted by atomic mass is 10.1. The van der Waals surface area contributed by atoms with Crippen molar-refractivity contribution in [1.29, 1.82) is 0 Å². The highest BCUT2D eigenvalue weighted by Crippen LogP contribution is 2.13. The van der Waals surface area contributed by atoms with Gasteiger partial charge < -0.3 is 10.4 Å². The van der Waals surface area contributed by atoms with Crippen LogP contribution < -0.4 is 5.32 Å². The Morgan fingerprint density at radius 3 is 2.95 bits per heavy atom. The summed E-state index contributed by atoms with van der Waals surface area (Å²) in [5.41, 5.74) is 3.45. The Morgan fingerprint density at radius 2 is 2.29 bits per heavy atom. The number of aliphatic carboxylic acids is 1. The van der Waals surface area contributed by atoms with Crippen molar-refractivity contribution in [3.63, 3.8) is 0 Å². The van der Waals surface area contributed by atoms with E-state index in [1.54, 1.807) is 11.6 Å². The Balaban J connectivity index is 2.12. The van der Waals surface area contributed by atoms with E-state index in [1.165, 1.54) is 29.8 Å². The van der Waals surface area contributed by atoms with E-state index in [0.717, 1.165) is 16.6 Å². The number of hydrogen-bond donors (Lipinski definition) is 2. The zero-order valence-electron chi connectivity index (χ0n) is 11.2. The molecule has 21 heavy (non-hydrogen) atoms. The smallest absolute Gasteiger partial charge is 0.328 e. The first-order valence-electron chi connectivity index (χ1n) is 6.10. The predicted molar refractivity (Wildman–Crippen MR) is 78.9 cm³/mol. The highest BCUT2D eigenvalue weighted by Gasteiger charge is 2.11. The molecule has 0 aromatic carbocycles. The van der Waals surface area contributed by atoms with Crippen LogP contribution in [0.5, 0.6) is 0 Å². The third-order valence-corrected chi connectivity index (χ3v) is 3.69. The molecule has 0 saturated heterocycles. The fourth-order valence-electron chi connectivity index (χ4n) is 1.66. The van der Waals surface area contributed by atoms with Crippen molar-refractivity contribution in [2.24, 2.45) is 0 Å². The molecular weight excluding hydrogens is 290 g/mol. The second-order valence-electron chi connectivity index (χ2n) is 4.18. The number of amides is 1.